The van der Waals surface area contributed by atoms with Crippen LogP contribution in [0.5, 0.6) is 0 Å². The number of rotatable bonds is 4. The molecular formula is C4HBF2O7. The average Bonchev–Trinajstić information content (AvgIpc) is 2.03. The van der Waals surface area contributed by atoms with Crippen LogP contribution < -0.4 is 0 Å². The maximum atomic E-state index is 11.4. The monoisotopic (exact) mass is 210 g/mol. The van der Waals surface area contributed by atoms with Crippen LogP contribution in [0.3, 0.4) is 0 Å². The molecule has 0 aliphatic carbocycles. The minimum Gasteiger partial charge on any atom is -0.466 e. The largest absolute Gasteiger partial charge is 0.789 e. The summed E-state index contributed by atoms with van der Waals surface area (Å²) in [6, 6.07) is -5.13. The predicted molar refractivity (Wildman–Crippen MR) is 32.4 cm³/mol. The van der Waals surface area contributed by atoms with E-state index in [1.165, 1.54) is 0 Å². The number of carbonyl (C=O) groups excluding carboxylic acids is 4. The molecule has 0 atom stereocenters. The van der Waals surface area contributed by atoms with E-state index < -0.39 is 31.3 Å². The van der Waals surface area contributed by atoms with E-state index in [0.717, 1.165) is 0 Å². The lowest BCUT2D eigenvalue weighted by atomic mass is 10.2. The molecule has 0 radical (unpaired) electrons. The summed E-state index contributed by atoms with van der Waals surface area (Å²) >= 11 is 0. The fraction of sp³-hybridized carbons (Fsp3) is 0. The van der Waals surface area contributed by atoms with E-state index >= 15 is 0 Å². The first-order valence-electron chi connectivity index (χ1n) is 2.83. The van der Waals surface area contributed by atoms with Crippen molar-refractivity contribution >= 4 is 31.3 Å². The minimum absolute atomic E-state index is 2.16. The standard InChI is InChI=1S/C4HBF2O7/c6-1(8)3(10)13-5(12)14-4(11)2(7)9/h12H. The molecule has 0 aromatic carbocycles. The smallest absolute Gasteiger partial charge is 0.466 e. The molecule has 10 heteroatoms. The zero-order valence-electron chi connectivity index (χ0n) is 6.23. The van der Waals surface area contributed by atoms with E-state index in [0.29, 0.717) is 0 Å². The van der Waals surface area contributed by atoms with Crippen molar-refractivity contribution in [3.05, 3.63) is 0 Å². The van der Waals surface area contributed by atoms with Gasteiger partial charge in [0.05, 0.1) is 0 Å². The SMILES string of the molecule is O=C(F)C(=O)OB(O)OC(=O)C(=O)F. The Morgan fingerprint density at radius 2 is 1.21 bits per heavy atom. The van der Waals surface area contributed by atoms with Crippen molar-refractivity contribution in [1.29, 1.82) is 0 Å². The molecule has 0 aliphatic rings. The predicted octanol–water partition coefficient (Wildman–Crippen LogP) is -1.96. The molecule has 7 nitrogen and oxygen atoms in total. The molecule has 14 heavy (non-hydrogen) atoms. The Bertz CT molecular complexity index is 261. The van der Waals surface area contributed by atoms with E-state index in [-0.39, 0.29) is 0 Å². The van der Waals surface area contributed by atoms with E-state index in [2.05, 4.69) is 9.31 Å². The molecule has 76 valence electrons. The van der Waals surface area contributed by atoms with Crippen molar-refractivity contribution in [3.63, 3.8) is 0 Å². The van der Waals surface area contributed by atoms with E-state index in [1.54, 1.807) is 0 Å². The highest BCUT2D eigenvalue weighted by Crippen LogP contribution is 1.91. The average molecular weight is 210 g/mol. The molecule has 0 heterocycles. The molecule has 0 aliphatic heterocycles. The van der Waals surface area contributed by atoms with Gasteiger partial charge in [-0.2, -0.15) is 8.78 Å². The summed E-state index contributed by atoms with van der Waals surface area (Å²) in [5.74, 6) is -4.31. The molecular weight excluding hydrogens is 209 g/mol. The zero-order valence-corrected chi connectivity index (χ0v) is 6.23. The summed E-state index contributed by atoms with van der Waals surface area (Å²) in [4.78, 5) is 39.2. The van der Waals surface area contributed by atoms with E-state index in [9.17, 15) is 28.0 Å². The third-order valence-electron chi connectivity index (χ3n) is 0.737. The summed E-state index contributed by atoms with van der Waals surface area (Å²) in [5, 5.41) is 8.36. The number of halogens is 2. The highest BCUT2D eigenvalue weighted by Gasteiger charge is 2.32. The van der Waals surface area contributed by atoms with Crippen molar-refractivity contribution < 1.29 is 42.3 Å². The second-order valence-electron chi connectivity index (χ2n) is 1.67. The van der Waals surface area contributed by atoms with Crippen molar-refractivity contribution in [3.8, 4) is 0 Å². The normalized spacial score (nSPS) is 8.79. The van der Waals surface area contributed by atoms with Gasteiger partial charge >= 0.3 is 31.3 Å². The molecule has 0 aromatic heterocycles. The van der Waals surface area contributed by atoms with Gasteiger partial charge < -0.3 is 14.3 Å². The first-order chi connectivity index (χ1) is 6.34. The maximum absolute atomic E-state index is 11.4. The summed E-state index contributed by atoms with van der Waals surface area (Å²) < 4.78 is 29.6. The van der Waals surface area contributed by atoms with Crippen LogP contribution in [0, 0.1) is 0 Å². The van der Waals surface area contributed by atoms with Gasteiger partial charge in [-0.05, 0) is 0 Å². The molecule has 0 rings (SSSR count). The quantitative estimate of drug-likeness (QED) is 0.326. The van der Waals surface area contributed by atoms with Gasteiger partial charge in [-0.15, -0.1) is 0 Å². The highest BCUT2D eigenvalue weighted by atomic mass is 19.1. The van der Waals surface area contributed by atoms with Crippen LogP contribution in [0.1, 0.15) is 0 Å². The summed E-state index contributed by atoms with van der Waals surface area (Å²) in [6.45, 7) is 0. The van der Waals surface area contributed by atoms with Crippen LogP contribution in [0.15, 0.2) is 0 Å². The van der Waals surface area contributed by atoms with Gasteiger partial charge in [-0.25, -0.2) is 19.2 Å². The Kier molecular flexibility index (Phi) is 4.36. The number of hydrogen-bond donors (Lipinski definition) is 1. The molecule has 0 saturated heterocycles. The van der Waals surface area contributed by atoms with Crippen LogP contribution in [0.4, 0.5) is 8.78 Å². The minimum atomic E-state index is -2.73. The lowest BCUT2D eigenvalue weighted by Gasteiger charge is -2.03. The molecule has 0 aromatic rings. The van der Waals surface area contributed by atoms with Crippen molar-refractivity contribution in [2.75, 3.05) is 0 Å². The molecule has 0 amide bonds. The van der Waals surface area contributed by atoms with E-state index in [4.69, 9.17) is 5.02 Å². The molecule has 0 bridgehead atoms. The number of carbonyl (C=O) groups is 4. The van der Waals surface area contributed by atoms with Gasteiger partial charge in [0.1, 0.15) is 0 Å². The second-order valence-corrected chi connectivity index (χ2v) is 1.67. The Labute approximate surface area is 74.8 Å². The number of hydrogen-bond acceptors (Lipinski definition) is 7. The topological polar surface area (TPSA) is 107 Å². The Morgan fingerprint density at radius 3 is 1.43 bits per heavy atom. The van der Waals surface area contributed by atoms with Crippen LogP contribution in [0.25, 0.3) is 0 Å². The Morgan fingerprint density at radius 1 is 0.929 bits per heavy atom. The van der Waals surface area contributed by atoms with Crippen molar-refractivity contribution in [2.45, 2.75) is 0 Å². The lowest BCUT2D eigenvalue weighted by molar-refractivity contribution is -0.159. The Hall–Kier alpha value is -1.84. The van der Waals surface area contributed by atoms with E-state index in [1.807, 2.05) is 0 Å². The maximum Gasteiger partial charge on any atom is 0.789 e. The van der Waals surface area contributed by atoms with Gasteiger partial charge in [-0.3, -0.25) is 0 Å². The zero-order chi connectivity index (χ0) is 11.3. The molecule has 0 spiro atoms. The second kappa shape index (κ2) is 5.02. The van der Waals surface area contributed by atoms with Gasteiger partial charge in [-0.1, -0.05) is 0 Å². The summed E-state index contributed by atoms with van der Waals surface area (Å²) in [5.41, 5.74) is 0. The highest BCUT2D eigenvalue weighted by molar-refractivity contribution is 6.49. The summed E-state index contributed by atoms with van der Waals surface area (Å²) in [6.07, 6.45) is 0. The lowest BCUT2D eigenvalue weighted by Crippen LogP contribution is -2.33. The fourth-order valence-electron chi connectivity index (χ4n) is 0.300. The third kappa shape index (κ3) is 4.26. The molecule has 1 N–H and O–H groups in total. The van der Waals surface area contributed by atoms with Crippen LogP contribution >= 0.6 is 0 Å². The Balaban J connectivity index is 4.05. The van der Waals surface area contributed by atoms with Gasteiger partial charge in [0, 0.05) is 0 Å². The van der Waals surface area contributed by atoms with Gasteiger partial charge in [0.25, 0.3) is 0 Å². The summed E-state index contributed by atoms with van der Waals surface area (Å²) in [7, 11) is -2.73. The third-order valence-corrected chi connectivity index (χ3v) is 0.737. The van der Waals surface area contributed by atoms with Crippen LogP contribution in [-0.4, -0.2) is 36.4 Å². The van der Waals surface area contributed by atoms with Crippen molar-refractivity contribution in [1.82, 2.24) is 0 Å². The fourth-order valence-corrected chi connectivity index (χ4v) is 0.300. The first-order valence-corrected chi connectivity index (χ1v) is 2.83. The van der Waals surface area contributed by atoms with Crippen LogP contribution in [0.2, 0.25) is 0 Å². The van der Waals surface area contributed by atoms with Gasteiger partial charge in [0.2, 0.25) is 0 Å². The van der Waals surface area contributed by atoms with Crippen LogP contribution in [-0.2, 0) is 28.5 Å². The first kappa shape index (κ1) is 12.2. The van der Waals surface area contributed by atoms with Crippen molar-refractivity contribution in [2.24, 2.45) is 0 Å². The molecule has 0 fully saturated rings. The molecule has 0 unspecified atom stereocenters. The molecule has 0 saturated carbocycles. The van der Waals surface area contributed by atoms with Gasteiger partial charge in [0.15, 0.2) is 0 Å².